The Labute approximate surface area is 111 Å². The summed E-state index contributed by atoms with van der Waals surface area (Å²) in [5.74, 6) is 0.903. The number of nitrogens with one attached hydrogen (secondary N) is 1. The van der Waals surface area contributed by atoms with E-state index in [2.05, 4.69) is 35.2 Å². The van der Waals surface area contributed by atoms with Gasteiger partial charge in [0.05, 0.1) is 11.9 Å². The van der Waals surface area contributed by atoms with Crippen LogP contribution in [0.25, 0.3) is 0 Å². The first-order valence-corrected chi connectivity index (χ1v) is 7.02. The van der Waals surface area contributed by atoms with Crippen LogP contribution in [0.3, 0.4) is 0 Å². The molecule has 0 bridgehead atoms. The van der Waals surface area contributed by atoms with Crippen LogP contribution >= 0.6 is 0 Å². The van der Waals surface area contributed by atoms with E-state index in [0.29, 0.717) is 6.04 Å². The monoisotopic (exact) mass is 247 g/mol. The summed E-state index contributed by atoms with van der Waals surface area (Å²) in [5, 5.41) is 3.23. The van der Waals surface area contributed by atoms with E-state index in [1.54, 1.807) is 0 Å². The van der Waals surface area contributed by atoms with Gasteiger partial charge < -0.3 is 10.2 Å². The van der Waals surface area contributed by atoms with Crippen molar-refractivity contribution in [1.29, 1.82) is 0 Å². The van der Waals surface area contributed by atoms with Gasteiger partial charge in [0.15, 0.2) is 0 Å². The van der Waals surface area contributed by atoms with Gasteiger partial charge in [-0.1, -0.05) is 6.92 Å². The molecule has 1 N–H and O–H groups in total. The van der Waals surface area contributed by atoms with Gasteiger partial charge in [-0.05, 0) is 50.3 Å². The Morgan fingerprint density at radius 3 is 2.72 bits per heavy atom. The fourth-order valence-electron chi connectivity index (χ4n) is 2.90. The second-order valence-corrected chi connectivity index (χ2v) is 5.56. The molecule has 1 aliphatic carbocycles. The number of nitrogens with zero attached hydrogens (tertiary/aromatic N) is 2. The first-order chi connectivity index (χ1) is 8.72. The van der Waals surface area contributed by atoms with Crippen LogP contribution in [0.1, 0.15) is 38.2 Å². The fraction of sp³-hybridized carbons (Fsp3) is 0.667. The molecule has 1 saturated carbocycles. The van der Waals surface area contributed by atoms with Gasteiger partial charge in [0.25, 0.3) is 0 Å². The van der Waals surface area contributed by atoms with Crippen LogP contribution < -0.4 is 10.2 Å². The van der Waals surface area contributed by atoms with Crippen molar-refractivity contribution in [3.8, 4) is 0 Å². The van der Waals surface area contributed by atoms with Gasteiger partial charge in [-0.25, -0.2) is 0 Å². The zero-order valence-electron chi connectivity index (χ0n) is 11.8. The average Bonchev–Trinajstić information content (AvgIpc) is 2.40. The molecule has 0 aliphatic heterocycles. The Kier molecular flexibility index (Phi) is 4.59. The van der Waals surface area contributed by atoms with E-state index in [1.807, 2.05) is 19.4 Å². The molecule has 0 saturated heterocycles. The van der Waals surface area contributed by atoms with Gasteiger partial charge >= 0.3 is 0 Å². The Hall–Kier alpha value is -1.09. The summed E-state index contributed by atoms with van der Waals surface area (Å²) in [4.78, 5) is 6.73. The van der Waals surface area contributed by atoms with Crippen LogP contribution in [0.5, 0.6) is 0 Å². The number of anilines is 1. The molecule has 1 heterocycles. The molecular weight excluding hydrogens is 222 g/mol. The minimum Gasteiger partial charge on any atom is -0.370 e. The highest BCUT2D eigenvalue weighted by Gasteiger charge is 2.23. The molecule has 3 heteroatoms. The topological polar surface area (TPSA) is 28.2 Å². The van der Waals surface area contributed by atoms with E-state index in [9.17, 15) is 0 Å². The third-order valence-corrected chi connectivity index (χ3v) is 4.17. The molecule has 1 fully saturated rings. The zero-order valence-corrected chi connectivity index (χ0v) is 11.8. The second kappa shape index (κ2) is 6.19. The summed E-state index contributed by atoms with van der Waals surface area (Å²) in [5.41, 5.74) is 2.63. The van der Waals surface area contributed by atoms with Crippen LogP contribution in [-0.4, -0.2) is 25.1 Å². The smallest absolute Gasteiger partial charge is 0.0598 e. The Bertz CT molecular complexity index is 370. The molecule has 100 valence electrons. The van der Waals surface area contributed by atoms with Crippen molar-refractivity contribution in [2.24, 2.45) is 5.92 Å². The predicted octanol–water partition coefficient (Wildman–Crippen LogP) is 2.82. The van der Waals surface area contributed by atoms with E-state index in [-0.39, 0.29) is 0 Å². The number of pyridine rings is 1. The van der Waals surface area contributed by atoms with Crippen LogP contribution in [0.2, 0.25) is 0 Å². The Morgan fingerprint density at radius 1 is 1.33 bits per heavy atom. The summed E-state index contributed by atoms with van der Waals surface area (Å²) in [6, 6.07) is 2.80. The molecule has 1 aromatic rings. The molecule has 0 spiro atoms. The third-order valence-electron chi connectivity index (χ3n) is 4.17. The number of hydrogen-bond acceptors (Lipinski definition) is 3. The lowest BCUT2D eigenvalue weighted by Crippen LogP contribution is -2.35. The minimum absolute atomic E-state index is 0.681. The van der Waals surface area contributed by atoms with Crippen molar-refractivity contribution < 1.29 is 0 Å². The van der Waals surface area contributed by atoms with Gasteiger partial charge in [-0.3, -0.25) is 4.98 Å². The number of rotatable bonds is 4. The van der Waals surface area contributed by atoms with Crippen molar-refractivity contribution in [1.82, 2.24) is 10.3 Å². The highest BCUT2D eigenvalue weighted by Crippen LogP contribution is 2.30. The number of hydrogen-bond donors (Lipinski definition) is 1. The van der Waals surface area contributed by atoms with E-state index in [1.165, 1.54) is 36.9 Å². The standard InChI is InChI=1S/C15H25N3/c1-12-4-6-14(7-5-12)18(3)15-11-17-9-8-13(15)10-16-2/h8-9,11-12,14,16H,4-7,10H2,1-3H3. The van der Waals surface area contributed by atoms with Gasteiger partial charge in [-0.2, -0.15) is 0 Å². The van der Waals surface area contributed by atoms with Gasteiger partial charge in [0.2, 0.25) is 0 Å². The largest absolute Gasteiger partial charge is 0.370 e. The lowest BCUT2D eigenvalue weighted by atomic mass is 9.86. The molecule has 0 aromatic carbocycles. The molecule has 0 amide bonds. The highest BCUT2D eigenvalue weighted by molar-refractivity contribution is 5.51. The van der Waals surface area contributed by atoms with Crippen molar-refractivity contribution in [3.05, 3.63) is 24.0 Å². The Balaban J connectivity index is 2.10. The van der Waals surface area contributed by atoms with Crippen LogP contribution in [0.15, 0.2) is 18.5 Å². The van der Waals surface area contributed by atoms with E-state index >= 15 is 0 Å². The highest BCUT2D eigenvalue weighted by atomic mass is 15.1. The van der Waals surface area contributed by atoms with Gasteiger partial charge in [0.1, 0.15) is 0 Å². The summed E-state index contributed by atoms with van der Waals surface area (Å²) in [6.45, 7) is 3.28. The summed E-state index contributed by atoms with van der Waals surface area (Å²) >= 11 is 0. The van der Waals surface area contributed by atoms with Crippen molar-refractivity contribution in [2.75, 3.05) is 19.0 Å². The lowest BCUT2D eigenvalue weighted by Gasteiger charge is -2.35. The second-order valence-electron chi connectivity index (χ2n) is 5.56. The summed E-state index contributed by atoms with van der Waals surface area (Å²) in [6.07, 6.45) is 9.22. The quantitative estimate of drug-likeness (QED) is 0.887. The first-order valence-electron chi connectivity index (χ1n) is 7.02. The van der Waals surface area contributed by atoms with E-state index < -0.39 is 0 Å². The number of aromatic nitrogens is 1. The Morgan fingerprint density at radius 2 is 2.06 bits per heavy atom. The predicted molar refractivity (Wildman–Crippen MR) is 76.8 cm³/mol. The van der Waals surface area contributed by atoms with Crippen molar-refractivity contribution >= 4 is 5.69 Å². The van der Waals surface area contributed by atoms with Crippen molar-refractivity contribution in [3.63, 3.8) is 0 Å². The first kappa shape index (κ1) is 13.3. The normalized spacial score (nSPS) is 23.9. The molecular formula is C15H25N3. The summed E-state index contributed by atoms with van der Waals surface area (Å²) in [7, 11) is 4.21. The summed E-state index contributed by atoms with van der Waals surface area (Å²) < 4.78 is 0. The fourth-order valence-corrected chi connectivity index (χ4v) is 2.90. The average molecular weight is 247 g/mol. The zero-order chi connectivity index (χ0) is 13.0. The van der Waals surface area contributed by atoms with Crippen LogP contribution in [0.4, 0.5) is 5.69 Å². The molecule has 1 aromatic heterocycles. The lowest BCUT2D eigenvalue weighted by molar-refractivity contribution is 0.340. The molecule has 1 aliphatic rings. The van der Waals surface area contributed by atoms with E-state index in [0.717, 1.165) is 12.5 Å². The van der Waals surface area contributed by atoms with Crippen LogP contribution in [-0.2, 0) is 6.54 Å². The van der Waals surface area contributed by atoms with E-state index in [4.69, 9.17) is 0 Å². The molecule has 2 rings (SSSR count). The maximum absolute atomic E-state index is 4.29. The molecule has 0 radical (unpaired) electrons. The van der Waals surface area contributed by atoms with Crippen LogP contribution in [0, 0.1) is 5.92 Å². The molecule has 18 heavy (non-hydrogen) atoms. The van der Waals surface area contributed by atoms with Gasteiger partial charge in [-0.15, -0.1) is 0 Å². The molecule has 3 nitrogen and oxygen atoms in total. The van der Waals surface area contributed by atoms with Crippen molar-refractivity contribution in [2.45, 2.75) is 45.2 Å². The maximum atomic E-state index is 4.29. The SMILES string of the molecule is CNCc1ccncc1N(C)C1CCC(C)CC1. The molecule has 0 unspecified atom stereocenters. The minimum atomic E-state index is 0.681. The maximum Gasteiger partial charge on any atom is 0.0598 e. The van der Waals surface area contributed by atoms with Gasteiger partial charge in [0, 0.05) is 25.8 Å². The molecule has 0 atom stereocenters. The third kappa shape index (κ3) is 3.02.